The lowest BCUT2D eigenvalue weighted by Crippen LogP contribution is -2.55. The van der Waals surface area contributed by atoms with E-state index in [4.69, 9.17) is 5.73 Å². The molecule has 0 radical (unpaired) electrons. The van der Waals surface area contributed by atoms with Crippen LogP contribution in [0.5, 0.6) is 0 Å². The normalized spacial score (nSPS) is 28.8. The minimum absolute atomic E-state index is 0. The Hall–Kier alpha value is -0.320. The number of hydrogen-bond acceptors (Lipinski definition) is 3. The fourth-order valence-corrected chi connectivity index (χ4v) is 4.31. The summed E-state index contributed by atoms with van der Waals surface area (Å²) in [6.45, 7) is 4.07. The van der Waals surface area contributed by atoms with E-state index >= 15 is 0 Å². The van der Waals surface area contributed by atoms with Gasteiger partial charge >= 0.3 is 0 Å². The van der Waals surface area contributed by atoms with Gasteiger partial charge in [-0.2, -0.15) is 0 Å². The number of halogens is 1. The monoisotopic (exact) mass is 315 g/mol. The van der Waals surface area contributed by atoms with Crippen LogP contribution in [-0.4, -0.2) is 54.0 Å². The lowest BCUT2D eigenvalue weighted by atomic mass is 9.84. The lowest BCUT2D eigenvalue weighted by molar-refractivity contribution is -0.135. The zero-order chi connectivity index (χ0) is 13.9. The molecule has 0 spiro atoms. The van der Waals surface area contributed by atoms with Crippen molar-refractivity contribution in [3.63, 3.8) is 0 Å². The minimum Gasteiger partial charge on any atom is -0.338 e. The molecule has 5 heteroatoms. The van der Waals surface area contributed by atoms with Gasteiger partial charge in [0.25, 0.3) is 0 Å². The third-order valence-corrected chi connectivity index (χ3v) is 5.53. The van der Waals surface area contributed by atoms with Crippen molar-refractivity contribution in [3.8, 4) is 0 Å². The number of amides is 1. The number of piperazine rings is 1. The Morgan fingerprint density at radius 2 is 1.81 bits per heavy atom. The molecule has 1 amide bonds. The van der Waals surface area contributed by atoms with Crippen LogP contribution in [0.25, 0.3) is 0 Å². The average molecular weight is 316 g/mol. The zero-order valence-corrected chi connectivity index (χ0v) is 13.8. The molecular formula is C16H30ClN3O. The first-order valence-corrected chi connectivity index (χ1v) is 8.52. The quantitative estimate of drug-likeness (QED) is 0.867. The minimum atomic E-state index is -0.258. The summed E-state index contributed by atoms with van der Waals surface area (Å²) in [7, 11) is 0. The van der Waals surface area contributed by atoms with E-state index in [0.29, 0.717) is 12.0 Å². The van der Waals surface area contributed by atoms with Crippen molar-refractivity contribution < 1.29 is 4.79 Å². The molecule has 3 aliphatic rings. The number of carbonyl (C=O) groups excluding carboxylic acids is 1. The third-order valence-electron chi connectivity index (χ3n) is 5.53. The molecule has 3 rings (SSSR count). The molecule has 122 valence electrons. The van der Waals surface area contributed by atoms with Crippen molar-refractivity contribution in [2.75, 3.05) is 26.2 Å². The summed E-state index contributed by atoms with van der Waals surface area (Å²) in [4.78, 5) is 17.1. The molecule has 0 aromatic carbocycles. The molecule has 2 aliphatic heterocycles. The summed E-state index contributed by atoms with van der Waals surface area (Å²) >= 11 is 0. The van der Waals surface area contributed by atoms with E-state index < -0.39 is 0 Å². The molecule has 2 heterocycles. The molecule has 3 fully saturated rings. The van der Waals surface area contributed by atoms with E-state index in [1.165, 1.54) is 51.5 Å². The lowest BCUT2D eigenvalue weighted by Gasteiger charge is -2.39. The van der Waals surface area contributed by atoms with Crippen molar-refractivity contribution in [2.45, 2.75) is 63.5 Å². The van der Waals surface area contributed by atoms with Crippen LogP contribution in [0, 0.1) is 5.92 Å². The second-order valence-corrected chi connectivity index (χ2v) is 6.96. The Kier molecular flexibility index (Phi) is 6.33. The van der Waals surface area contributed by atoms with E-state index in [9.17, 15) is 4.79 Å². The summed E-state index contributed by atoms with van der Waals surface area (Å²) in [5.74, 6) is 0.901. The van der Waals surface area contributed by atoms with Gasteiger partial charge in [0.05, 0.1) is 6.04 Å². The maximum Gasteiger partial charge on any atom is 0.239 e. The van der Waals surface area contributed by atoms with Gasteiger partial charge in [-0.1, -0.05) is 32.1 Å². The fraction of sp³-hybridized carbons (Fsp3) is 0.938. The summed E-state index contributed by atoms with van der Waals surface area (Å²) in [5, 5.41) is 0. The van der Waals surface area contributed by atoms with Gasteiger partial charge in [0.1, 0.15) is 0 Å². The van der Waals surface area contributed by atoms with E-state index in [1.807, 2.05) is 4.90 Å². The van der Waals surface area contributed by atoms with Gasteiger partial charge in [0.2, 0.25) is 5.91 Å². The predicted molar refractivity (Wildman–Crippen MR) is 87.6 cm³/mol. The first-order chi connectivity index (χ1) is 9.74. The molecule has 0 aromatic rings. The SMILES string of the molecule is Cl.NC(CC1CCCCC1)C(=O)N1CCN2CCCC2C1. The summed E-state index contributed by atoms with van der Waals surface area (Å²) in [5.41, 5.74) is 6.21. The highest BCUT2D eigenvalue weighted by atomic mass is 35.5. The molecule has 0 bridgehead atoms. The fourth-order valence-electron chi connectivity index (χ4n) is 4.31. The highest BCUT2D eigenvalue weighted by Crippen LogP contribution is 2.28. The van der Waals surface area contributed by atoms with Gasteiger partial charge in [-0.05, 0) is 31.7 Å². The molecular weight excluding hydrogens is 286 g/mol. The molecule has 0 aromatic heterocycles. The summed E-state index contributed by atoms with van der Waals surface area (Å²) in [6.07, 6.45) is 10.0. The van der Waals surface area contributed by atoms with Crippen LogP contribution < -0.4 is 5.73 Å². The van der Waals surface area contributed by atoms with Crippen molar-refractivity contribution in [1.82, 2.24) is 9.80 Å². The van der Waals surface area contributed by atoms with Crippen molar-refractivity contribution >= 4 is 18.3 Å². The predicted octanol–water partition coefficient (Wildman–Crippen LogP) is 2.01. The van der Waals surface area contributed by atoms with Gasteiger partial charge in [0.15, 0.2) is 0 Å². The maximum absolute atomic E-state index is 12.5. The number of nitrogens with two attached hydrogens (primary N) is 1. The first kappa shape index (κ1) is 17.0. The Morgan fingerprint density at radius 1 is 1.05 bits per heavy atom. The van der Waals surface area contributed by atoms with E-state index in [0.717, 1.165) is 26.1 Å². The van der Waals surface area contributed by atoms with E-state index in [-0.39, 0.29) is 24.4 Å². The third kappa shape index (κ3) is 4.11. The van der Waals surface area contributed by atoms with Gasteiger partial charge in [-0.15, -0.1) is 12.4 Å². The second kappa shape index (κ2) is 7.80. The van der Waals surface area contributed by atoms with Gasteiger partial charge in [0, 0.05) is 25.7 Å². The Balaban J connectivity index is 0.00000161. The highest BCUT2D eigenvalue weighted by Gasteiger charge is 2.34. The standard InChI is InChI=1S/C16H29N3O.ClH/c17-15(11-13-5-2-1-3-6-13)16(20)19-10-9-18-8-4-7-14(18)12-19;/h13-15H,1-12,17H2;1H. The van der Waals surface area contributed by atoms with Crippen LogP contribution in [0.4, 0.5) is 0 Å². The van der Waals surface area contributed by atoms with Crippen LogP contribution in [0.1, 0.15) is 51.4 Å². The van der Waals surface area contributed by atoms with Crippen LogP contribution in [0.15, 0.2) is 0 Å². The molecule has 2 saturated heterocycles. The van der Waals surface area contributed by atoms with Crippen LogP contribution in [-0.2, 0) is 4.79 Å². The van der Waals surface area contributed by atoms with Crippen molar-refractivity contribution in [1.29, 1.82) is 0 Å². The molecule has 1 aliphatic carbocycles. The van der Waals surface area contributed by atoms with Gasteiger partial charge in [-0.3, -0.25) is 9.69 Å². The molecule has 2 unspecified atom stereocenters. The number of hydrogen-bond donors (Lipinski definition) is 1. The largest absolute Gasteiger partial charge is 0.338 e. The Bertz CT molecular complexity index is 346. The number of fused-ring (bicyclic) bond motifs is 1. The van der Waals surface area contributed by atoms with Gasteiger partial charge in [-0.25, -0.2) is 0 Å². The van der Waals surface area contributed by atoms with Crippen molar-refractivity contribution in [2.24, 2.45) is 11.7 Å². The molecule has 2 N–H and O–H groups in total. The number of rotatable bonds is 3. The van der Waals surface area contributed by atoms with Crippen molar-refractivity contribution in [3.05, 3.63) is 0 Å². The topological polar surface area (TPSA) is 49.6 Å². The van der Waals surface area contributed by atoms with E-state index in [2.05, 4.69) is 4.90 Å². The Morgan fingerprint density at radius 3 is 2.57 bits per heavy atom. The molecule has 4 nitrogen and oxygen atoms in total. The Labute approximate surface area is 134 Å². The number of carbonyl (C=O) groups is 1. The van der Waals surface area contributed by atoms with Gasteiger partial charge < -0.3 is 10.6 Å². The highest BCUT2D eigenvalue weighted by molar-refractivity contribution is 5.85. The summed E-state index contributed by atoms with van der Waals surface area (Å²) < 4.78 is 0. The maximum atomic E-state index is 12.5. The zero-order valence-electron chi connectivity index (χ0n) is 13.0. The van der Waals surface area contributed by atoms with Crippen LogP contribution in [0.2, 0.25) is 0 Å². The molecule has 21 heavy (non-hydrogen) atoms. The molecule has 1 saturated carbocycles. The van der Waals surface area contributed by atoms with Crippen LogP contribution >= 0.6 is 12.4 Å². The molecule has 2 atom stereocenters. The van der Waals surface area contributed by atoms with E-state index in [1.54, 1.807) is 0 Å². The first-order valence-electron chi connectivity index (χ1n) is 8.52. The number of nitrogens with zero attached hydrogens (tertiary/aromatic N) is 2. The average Bonchev–Trinajstić information content (AvgIpc) is 2.94. The second-order valence-electron chi connectivity index (χ2n) is 6.96. The van der Waals surface area contributed by atoms with Crippen LogP contribution in [0.3, 0.4) is 0 Å². The smallest absolute Gasteiger partial charge is 0.239 e. The summed E-state index contributed by atoms with van der Waals surface area (Å²) in [6, 6.07) is 0.348.